The Morgan fingerprint density at radius 2 is 2.15 bits per heavy atom. The maximum absolute atomic E-state index is 13.1. The molecule has 0 saturated carbocycles. The second-order valence-electron chi connectivity index (χ2n) is 5.00. The summed E-state index contributed by atoms with van der Waals surface area (Å²) in [5.41, 5.74) is 4.20. The molecular formula is C15H11ClF3N5OS. The van der Waals surface area contributed by atoms with Crippen LogP contribution >= 0.6 is 23.4 Å². The lowest BCUT2D eigenvalue weighted by Crippen LogP contribution is -2.24. The lowest BCUT2D eigenvalue weighted by atomic mass is 10.1. The molecule has 0 fully saturated rings. The number of halogens is 4. The van der Waals surface area contributed by atoms with Gasteiger partial charge in [0.15, 0.2) is 5.16 Å². The summed E-state index contributed by atoms with van der Waals surface area (Å²) in [7, 11) is 0. The van der Waals surface area contributed by atoms with Crippen LogP contribution in [0.5, 0.6) is 0 Å². The fourth-order valence-corrected chi connectivity index (χ4v) is 2.75. The first kappa shape index (κ1) is 19.8. The van der Waals surface area contributed by atoms with Gasteiger partial charge < -0.3 is 11.1 Å². The molecule has 26 heavy (non-hydrogen) atoms. The Morgan fingerprint density at radius 1 is 1.46 bits per heavy atom. The monoisotopic (exact) mass is 401 g/mol. The van der Waals surface area contributed by atoms with Gasteiger partial charge in [0.2, 0.25) is 5.91 Å². The molecule has 11 heteroatoms. The molecule has 1 amide bonds. The van der Waals surface area contributed by atoms with Crippen LogP contribution in [0.3, 0.4) is 0 Å². The molecule has 0 aliphatic rings. The minimum absolute atomic E-state index is 0.0466. The number of nitrogens with one attached hydrogen (secondary N) is 1. The number of thioether (sulfide) groups is 1. The van der Waals surface area contributed by atoms with E-state index in [1.54, 1.807) is 6.07 Å². The van der Waals surface area contributed by atoms with Crippen LogP contribution < -0.4 is 11.1 Å². The minimum Gasteiger partial charge on any atom is -0.382 e. The van der Waals surface area contributed by atoms with E-state index in [2.05, 4.69) is 15.3 Å². The third kappa shape index (κ3) is 4.77. The molecule has 0 radical (unpaired) electrons. The van der Waals surface area contributed by atoms with Gasteiger partial charge in [-0.1, -0.05) is 23.4 Å². The quantitative estimate of drug-likeness (QED) is 0.597. The molecule has 1 aromatic carbocycles. The van der Waals surface area contributed by atoms with Crippen molar-refractivity contribution in [1.29, 1.82) is 5.26 Å². The van der Waals surface area contributed by atoms with Crippen molar-refractivity contribution in [3.8, 4) is 6.07 Å². The van der Waals surface area contributed by atoms with Crippen molar-refractivity contribution in [2.45, 2.75) is 23.5 Å². The van der Waals surface area contributed by atoms with Gasteiger partial charge in [-0.3, -0.25) is 4.79 Å². The molecule has 0 saturated heterocycles. The van der Waals surface area contributed by atoms with Crippen LogP contribution in [0, 0.1) is 11.3 Å². The first-order chi connectivity index (χ1) is 12.1. The van der Waals surface area contributed by atoms with Crippen LogP contribution in [0.15, 0.2) is 29.6 Å². The zero-order valence-electron chi connectivity index (χ0n) is 13.1. The Kier molecular flexibility index (Phi) is 5.94. The standard InChI is InChI=1S/C15H11ClF3N5OS/c1-7(26-14-22-6-8(5-20)12(21)24-14)13(25)23-11-3-2-9(16)4-10(11)15(17,18)19/h2-4,6-7H,1H3,(H,23,25)(H2,21,22,24). The van der Waals surface area contributed by atoms with Gasteiger partial charge >= 0.3 is 6.18 Å². The topological polar surface area (TPSA) is 105 Å². The Morgan fingerprint density at radius 3 is 2.73 bits per heavy atom. The number of aromatic nitrogens is 2. The molecule has 0 aliphatic carbocycles. The van der Waals surface area contributed by atoms with Gasteiger partial charge in [-0.15, -0.1) is 0 Å². The second-order valence-corrected chi connectivity index (χ2v) is 6.74. The fourth-order valence-electron chi connectivity index (χ4n) is 1.83. The number of amides is 1. The summed E-state index contributed by atoms with van der Waals surface area (Å²) in [6.07, 6.45) is -3.47. The number of nitrogens with two attached hydrogens (primary N) is 1. The molecule has 1 heterocycles. The molecule has 0 spiro atoms. The second kappa shape index (κ2) is 7.80. The normalized spacial score (nSPS) is 12.3. The van der Waals surface area contributed by atoms with E-state index in [9.17, 15) is 18.0 Å². The molecule has 2 aromatic rings. The highest BCUT2D eigenvalue weighted by Crippen LogP contribution is 2.36. The van der Waals surface area contributed by atoms with Crippen molar-refractivity contribution in [3.63, 3.8) is 0 Å². The Labute approximate surface area is 155 Å². The molecule has 6 nitrogen and oxygen atoms in total. The van der Waals surface area contributed by atoms with Crippen LogP contribution in [0.2, 0.25) is 5.02 Å². The number of carbonyl (C=O) groups is 1. The smallest absolute Gasteiger partial charge is 0.382 e. The van der Waals surface area contributed by atoms with Crippen LogP contribution in [0.4, 0.5) is 24.7 Å². The van der Waals surface area contributed by atoms with Crippen LogP contribution in [-0.2, 0) is 11.0 Å². The number of hydrogen-bond acceptors (Lipinski definition) is 6. The molecule has 1 aromatic heterocycles. The van der Waals surface area contributed by atoms with Crippen LogP contribution in [-0.4, -0.2) is 21.1 Å². The number of benzene rings is 1. The Hall–Kier alpha value is -2.51. The van der Waals surface area contributed by atoms with Crippen molar-refractivity contribution in [2.24, 2.45) is 0 Å². The summed E-state index contributed by atoms with van der Waals surface area (Å²) in [6, 6.07) is 4.86. The van der Waals surface area contributed by atoms with Gasteiger partial charge in [0.05, 0.1) is 22.7 Å². The van der Waals surface area contributed by atoms with E-state index in [0.29, 0.717) is 0 Å². The number of hydrogen-bond donors (Lipinski definition) is 2. The predicted molar refractivity (Wildman–Crippen MR) is 91.6 cm³/mol. The van der Waals surface area contributed by atoms with E-state index in [1.165, 1.54) is 19.2 Å². The van der Waals surface area contributed by atoms with Crippen LogP contribution in [0.1, 0.15) is 18.1 Å². The number of alkyl halides is 3. The molecule has 1 atom stereocenters. The van der Waals surface area contributed by atoms with Gasteiger partial charge in [-0.2, -0.15) is 18.4 Å². The number of nitriles is 1. The molecule has 0 bridgehead atoms. The zero-order chi connectivity index (χ0) is 19.5. The number of carbonyl (C=O) groups excluding carboxylic acids is 1. The van der Waals surface area contributed by atoms with E-state index in [1.807, 2.05) is 0 Å². The number of nitrogens with zero attached hydrogens (tertiary/aromatic N) is 3. The third-order valence-electron chi connectivity index (χ3n) is 3.11. The lowest BCUT2D eigenvalue weighted by Gasteiger charge is -2.16. The van der Waals surface area contributed by atoms with E-state index in [4.69, 9.17) is 22.6 Å². The van der Waals surface area contributed by atoms with E-state index in [-0.39, 0.29) is 21.6 Å². The maximum atomic E-state index is 13.1. The van der Waals surface area contributed by atoms with Gasteiger partial charge in [0.1, 0.15) is 17.5 Å². The van der Waals surface area contributed by atoms with E-state index >= 15 is 0 Å². The average Bonchev–Trinajstić information content (AvgIpc) is 2.55. The first-order valence-corrected chi connectivity index (χ1v) is 8.24. The van der Waals surface area contributed by atoms with Crippen molar-refractivity contribution in [1.82, 2.24) is 9.97 Å². The lowest BCUT2D eigenvalue weighted by molar-refractivity contribution is -0.137. The van der Waals surface area contributed by atoms with Gasteiger partial charge in [-0.05, 0) is 25.1 Å². The highest BCUT2D eigenvalue weighted by Gasteiger charge is 2.34. The van der Waals surface area contributed by atoms with Gasteiger partial charge in [-0.25, -0.2) is 9.97 Å². The molecule has 1 unspecified atom stereocenters. The Balaban J connectivity index is 2.15. The minimum atomic E-state index is -4.67. The largest absolute Gasteiger partial charge is 0.418 e. The highest BCUT2D eigenvalue weighted by atomic mass is 35.5. The number of anilines is 2. The number of rotatable bonds is 4. The van der Waals surface area contributed by atoms with E-state index in [0.717, 1.165) is 23.9 Å². The fraction of sp³-hybridized carbons (Fsp3) is 0.200. The summed E-state index contributed by atoms with van der Waals surface area (Å²) in [6.45, 7) is 1.47. The third-order valence-corrected chi connectivity index (χ3v) is 4.32. The Bertz CT molecular complexity index is 885. The van der Waals surface area contributed by atoms with Crippen LogP contribution in [0.25, 0.3) is 0 Å². The van der Waals surface area contributed by atoms with Crippen molar-refractivity contribution >= 4 is 40.8 Å². The van der Waals surface area contributed by atoms with Crippen molar-refractivity contribution in [2.75, 3.05) is 11.1 Å². The molecule has 2 rings (SSSR count). The first-order valence-electron chi connectivity index (χ1n) is 6.98. The molecule has 3 N–H and O–H groups in total. The van der Waals surface area contributed by atoms with E-state index < -0.39 is 28.6 Å². The predicted octanol–water partition coefficient (Wildman–Crippen LogP) is 3.72. The molecule has 136 valence electrons. The summed E-state index contributed by atoms with van der Waals surface area (Å²) >= 11 is 6.49. The number of nitrogen functional groups attached to an aromatic ring is 1. The van der Waals surface area contributed by atoms with Crippen molar-refractivity contribution in [3.05, 3.63) is 40.5 Å². The van der Waals surface area contributed by atoms with Gasteiger partial charge in [0, 0.05) is 5.02 Å². The summed E-state index contributed by atoms with van der Waals surface area (Å²) in [4.78, 5) is 20.0. The van der Waals surface area contributed by atoms with Gasteiger partial charge in [0.25, 0.3) is 0 Å². The zero-order valence-corrected chi connectivity index (χ0v) is 14.7. The average molecular weight is 402 g/mol. The summed E-state index contributed by atoms with van der Waals surface area (Å²) in [5.74, 6) is -0.732. The van der Waals surface area contributed by atoms with Crippen molar-refractivity contribution < 1.29 is 18.0 Å². The summed E-state index contributed by atoms with van der Waals surface area (Å²) in [5, 5.41) is 10.2. The molecular weight excluding hydrogens is 391 g/mol. The maximum Gasteiger partial charge on any atom is 0.418 e. The SMILES string of the molecule is CC(Sc1ncc(C#N)c(N)n1)C(=O)Nc1ccc(Cl)cc1C(F)(F)F. The molecule has 0 aliphatic heterocycles. The summed E-state index contributed by atoms with van der Waals surface area (Å²) < 4.78 is 39.2. The highest BCUT2D eigenvalue weighted by molar-refractivity contribution is 8.00.